The van der Waals surface area contributed by atoms with Crippen molar-refractivity contribution in [3.63, 3.8) is 0 Å². The van der Waals surface area contributed by atoms with E-state index in [0.717, 1.165) is 5.69 Å². The number of thioether (sulfide) groups is 1. The van der Waals surface area contributed by atoms with E-state index in [-0.39, 0.29) is 0 Å². The molecule has 0 bridgehead atoms. The SMILES string of the molecule is CSc1nc(NN)cc(Nc2ccccc2)n1. The highest BCUT2D eigenvalue weighted by Crippen LogP contribution is 2.19. The summed E-state index contributed by atoms with van der Waals surface area (Å²) in [6.45, 7) is 0. The summed E-state index contributed by atoms with van der Waals surface area (Å²) in [5.41, 5.74) is 3.50. The molecule has 17 heavy (non-hydrogen) atoms. The zero-order valence-electron chi connectivity index (χ0n) is 9.34. The van der Waals surface area contributed by atoms with Crippen LogP contribution in [-0.4, -0.2) is 16.2 Å². The molecule has 0 amide bonds. The number of rotatable bonds is 4. The third kappa shape index (κ3) is 3.08. The maximum Gasteiger partial charge on any atom is 0.191 e. The second-order valence-electron chi connectivity index (χ2n) is 3.26. The highest BCUT2D eigenvalue weighted by Gasteiger charge is 2.03. The van der Waals surface area contributed by atoms with Crippen LogP contribution in [0.4, 0.5) is 17.3 Å². The monoisotopic (exact) mass is 247 g/mol. The summed E-state index contributed by atoms with van der Waals surface area (Å²) >= 11 is 1.47. The molecule has 2 rings (SSSR count). The van der Waals surface area contributed by atoms with Gasteiger partial charge < -0.3 is 10.7 Å². The number of nitrogens with one attached hydrogen (secondary N) is 2. The Kier molecular flexibility index (Phi) is 3.79. The zero-order valence-corrected chi connectivity index (χ0v) is 10.2. The molecule has 5 nitrogen and oxygen atoms in total. The summed E-state index contributed by atoms with van der Waals surface area (Å²) in [4.78, 5) is 8.53. The van der Waals surface area contributed by atoms with E-state index < -0.39 is 0 Å². The fraction of sp³-hybridized carbons (Fsp3) is 0.0909. The van der Waals surface area contributed by atoms with Gasteiger partial charge in [0.05, 0.1) is 0 Å². The van der Waals surface area contributed by atoms with Crippen LogP contribution >= 0.6 is 11.8 Å². The maximum absolute atomic E-state index is 5.36. The number of hydrogen-bond donors (Lipinski definition) is 3. The molecule has 0 spiro atoms. The molecule has 0 saturated carbocycles. The van der Waals surface area contributed by atoms with Crippen LogP contribution in [0.2, 0.25) is 0 Å². The molecule has 1 aromatic heterocycles. The van der Waals surface area contributed by atoms with Gasteiger partial charge in [-0.3, -0.25) is 0 Å². The van der Waals surface area contributed by atoms with Crippen molar-refractivity contribution < 1.29 is 0 Å². The fourth-order valence-electron chi connectivity index (χ4n) is 1.32. The number of benzene rings is 1. The number of hydrogen-bond acceptors (Lipinski definition) is 6. The molecule has 0 fully saturated rings. The van der Waals surface area contributed by atoms with E-state index in [1.165, 1.54) is 11.8 Å². The van der Waals surface area contributed by atoms with Crippen molar-refractivity contribution >= 4 is 29.1 Å². The van der Waals surface area contributed by atoms with Crippen molar-refractivity contribution in [1.82, 2.24) is 9.97 Å². The van der Waals surface area contributed by atoms with E-state index >= 15 is 0 Å². The number of nitrogens with two attached hydrogens (primary N) is 1. The van der Waals surface area contributed by atoms with Crippen LogP contribution in [0.3, 0.4) is 0 Å². The average Bonchev–Trinajstić information content (AvgIpc) is 2.39. The summed E-state index contributed by atoms with van der Waals surface area (Å²) in [5.74, 6) is 6.66. The van der Waals surface area contributed by atoms with Gasteiger partial charge in [0.2, 0.25) is 0 Å². The Bertz CT molecular complexity index is 466. The van der Waals surface area contributed by atoms with Gasteiger partial charge in [-0.25, -0.2) is 15.8 Å². The van der Waals surface area contributed by atoms with E-state index in [2.05, 4.69) is 20.7 Å². The van der Waals surface area contributed by atoms with Crippen LogP contribution < -0.4 is 16.6 Å². The third-order valence-electron chi connectivity index (χ3n) is 2.08. The van der Waals surface area contributed by atoms with Gasteiger partial charge in [-0.2, -0.15) is 0 Å². The molecule has 0 aliphatic carbocycles. The molecule has 0 aliphatic heterocycles. The molecule has 4 N–H and O–H groups in total. The number of anilines is 3. The highest BCUT2D eigenvalue weighted by molar-refractivity contribution is 7.98. The summed E-state index contributed by atoms with van der Waals surface area (Å²) in [6, 6.07) is 11.6. The quantitative estimate of drug-likeness (QED) is 0.333. The van der Waals surface area contributed by atoms with Crippen LogP contribution in [-0.2, 0) is 0 Å². The van der Waals surface area contributed by atoms with Crippen molar-refractivity contribution in [3.8, 4) is 0 Å². The third-order valence-corrected chi connectivity index (χ3v) is 2.63. The number of hydrazine groups is 1. The van der Waals surface area contributed by atoms with Crippen LogP contribution in [0.1, 0.15) is 0 Å². The summed E-state index contributed by atoms with van der Waals surface area (Å²) < 4.78 is 0. The molecule has 1 heterocycles. The predicted molar refractivity (Wildman–Crippen MR) is 71.3 cm³/mol. The lowest BCUT2D eigenvalue weighted by Crippen LogP contribution is -2.10. The molecular weight excluding hydrogens is 234 g/mol. The first kappa shape index (κ1) is 11.7. The molecule has 1 aromatic carbocycles. The summed E-state index contributed by atoms with van der Waals surface area (Å²) in [7, 11) is 0. The van der Waals surface area contributed by atoms with Gasteiger partial charge in [0.1, 0.15) is 11.6 Å². The van der Waals surface area contributed by atoms with Crippen LogP contribution in [0.25, 0.3) is 0 Å². The van der Waals surface area contributed by atoms with Gasteiger partial charge in [-0.1, -0.05) is 30.0 Å². The van der Waals surface area contributed by atoms with Gasteiger partial charge in [0.25, 0.3) is 0 Å². The molecule has 0 radical (unpaired) electrons. The smallest absolute Gasteiger partial charge is 0.191 e. The molecule has 6 heteroatoms. The Balaban J connectivity index is 2.26. The van der Waals surface area contributed by atoms with E-state index in [1.807, 2.05) is 36.6 Å². The molecule has 0 unspecified atom stereocenters. The van der Waals surface area contributed by atoms with Crippen molar-refractivity contribution in [2.45, 2.75) is 5.16 Å². The minimum atomic E-state index is 0.586. The van der Waals surface area contributed by atoms with Gasteiger partial charge in [0.15, 0.2) is 5.16 Å². The lowest BCUT2D eigenvalue weighted by Gasteiger charge is -2.08. The van der Waals surface area contributed by atoms with Crippen LogP contribution in [0.15, 0.2) is 41.6 Å². The van der Waals surface area contributed by atoms with Crippen molar-refractivity contribution in [1.29, 1.82) is 0 Å². The lowest BCUT2D eigenvalue weighted by atomic mass is 10.3. The Labute approximate surface area is 104 Å². The summed E-state index contributed by atoms with van der Waals surface area (Å²) in [6.07, 6.45) is 1.92. The Morgan fingerprint density at radius 1 is 1.12 bits per heavy atom. The van der Waals surface area contributed by atoms with E-state index in [0.29, 0.717) is 16.8 Å². The number of para-hydroxylation sites is 1. The van der Waals surface area contributed by atoms with E-state index in [4.69, 9.17) is 5.84 Å². The molecule has 0 aliphatic rings. The first-order chi connectivity index (χ1) is 8.31. The zero-order chi connectivity index (χ0) is 12.1. The Hall–Kier alpha value is -1.79. The Morgan fingerprint density at radius 3 is 2.47 bits per heavy atom. The van der Waals surface area contributed by atoms with E-state index in [9.17, 15) is 0 Å². The minimum absolute atomic E-state index is 0.586. The largest absolute Gasteiger partial charge is 0.340 e. The minimum Gasteiger partial charge on any atom is -0.340 e. The highest BCUT2D eigenvalue weighted by atomic mass is 32.2. The van der Waals surface area contributed by atoms with Crippen molar-refractivity contribution in [2.75, 3.05) is 17.0 Å². The maximum atomic E-state index is 5.36. The number of aromatic nitrogens is 2. The van der Waals surface area contributed by atoms with Crippen LogP contribution in [0.5, 0.6) is 0 Å². The topological polar surface area (TPSA) is 75.9 Å². The standard InChI is InChI=1S/C11H13N5S/c1-17-11-14-9(7-10(15-11)16-12)13-8-5-3-2-4-6-8/h2-7H,12H2,1H3,(H2,13,14,15,16). The first-order valence-electron chi connectivity index (χ1n) is 5.03. The second-order valence-corrected chi connectivity index (χ2v) is 4.03. The predicted octanol–water partition coefficient (Wildman–Crippen LogP) is 2.23. The molecule has 88 valence electrons. The van der Waals surface area contributed by atoms with Gasteiger partial charge in [0, 0.05) is 11.8 Å². The molecule has 0 saturated heterocycles. The first-order valence-corrected chi connectivity index (χ1v) is 6.26. The fourth-order valence-corrected chi connectivity index (χ4v) is 1.70. The van der Waals surface area contributed by atoms with Crippen LogP contribution in [0, 0.1) is 0 Å². The molecule has 2 aromatic rings. The summed E-state index contributed by atoms with van der Waals surface area (Å²) in [5, 5.41) is 3.86. The Morgan fingerprint density at radius 2 is 1.82 bits per heavy atom. The van der Waals surface area contributed by atoms with Gasteiger partial charge in [-0.05, 0) is 18.4 Å². The molecule has 0 atom stereocenters. The second kappa shape index (κ2) is 5.51. The van der Waals surface area contributed by atoms with E-state index in [1.54, 1.807) is 6.07 Å². The van der Waals surface area contributed by atoms with Gasteiger partial charge >= 0.3 is 0 Å². The van der Waals surface area contributed by atoms with Crippen molar-refractivity contribution in [2.24, 2.45) is 5.84 Å². The number of nitrogen functional groups attached to an aromatic ring is 1. The van der Waals surface area contributed by atoms with Gasteiger partial charge in [-0.15, -0.1) is 0 Å². The molecular formula is C11H13N5S. The lowest BCUT2D eigenvalue weighted by molar-refractivity contribution is 0.971. The normalized spacial score (nSPS) is 10.0. The average molecular weight is 247 g/mol. The van der Waals surface area contributed by atoms with Crippen molar-refractivity contribution in [3.05, 3.63) is 36.4 Å². The number of nitrogens with zero attached hydrogens (tertiary/aromatic N) is 2.